The van der Waals surface area contributed by atoms with Crippen molar-refractivity contribution in [1.29, 1.82) is 0 Å². The van der Waals surface area contributed by atoms with E-state index in [9.17, 15) is 5.11 Å². The van der Waals surface area contributed by atoms with Crippen molar-refractivity contribution < 1.29 is 9.84 Å². The fraction of sp³-hybridized carbons (Fsp3) is 0.200. The van der Waals surface area contributed by atoms with E-state index in [1.54, 1.807) is 12.1 Å². The second-order valence-corrected chi connectivity index (χ2v) is 3.87. The SMILES string of the molecule is CCOc1c(Br)ccc(C=NN=C(N)N)c1O. The lowest BCUT2D eigenvalue weighted by atomic mass is 10.2. The number of hydrogen-bond donors (Lipinski definition) is 3. The summed E-state index contributed by atoms with van der Waals surface area (Å²) in [6.45, 7) is 2.27. The molecule has 0 radical (unpaired) electrons. The quantitative estimate of drug-likeness (QED) is 0.441. The van der Waals surface area contributed by atoms with E-state index in [1.165, 1.54) is 6.21 Å². The molecule has 0 aliphatic rings. The van der Waals surface area contributed by atoms with Crippen molar-refractivity contribution in [2.24, 2.45) is 21.7 Å². The van der Waals surface area contributed by atoms with Crippen LogP contribution >= 0.6 is 15.9 Å². The van der Waals surface area contributed by atoms with Crippen LogP contribution in [0.4, 0.5) is 0 Å². The zero-order valence-electron chi connectivity index (χ0n) is 9.22. The van der Waals surface area contributed by atoms with E-state index in [-0.39, 0.29) is 11.7 Å². The predicted octanol–water partition coefficient (Wildman–Crippen LogP) is 1.16. The number of nitrogens with zero attached hydrogens (tertiary/aromatic N) is 2. The molecule has 0 unspecified atom stereocenters. The van der Waals surface area contributed by atoms with Gasteiger partial charge >= 0.3 is 0 Å². The number of rotatable bonds is 4. The molecule has 1 aromatic carbocycles. The summed E-state index contributed by atoms with van der Waals surface area (Å²) in [5.41, 5.74) is 10.7. The van der Waals surface area contributed by atoms with Gasteiger partial charge < -0.3 is 21.3 Å². The van der Waals surface area contributed by atoms with E-state index in [1.807, 2.05) is 6.92 Å². The van der Waals surface area contributed by atoms with Gasteiger partial charge in [0.15, 0.2) is 11.5 Å². The Kier molecular flexibility index (Phi) is 4.77. The lowest BCUT2D eigenvalue weighted by Crippen LogP contribution is -2.21. The highest BCUT2D eigenvalue weighted by Gasteiger charge is 2.10. The number of aromatic hydroxyl groups is 1. The Bertz CT molecular complexity index is 456. The van der Waals surface area contributed by atoms with Gasteiger partial charge in [-0.15, -0.1) is 5.10 Å². The standard InChI is InChI=1S/C10H13BrN4O2/c1-2-17-9-7(11)4-3-6(8(9)16)5-14-15-10(12)13/h3-5,16H,2H2,1H3,(H4,12,13,15). The Morgan fingerprint density at radius 1 is 1.53 bits per heavy atom. The molecule has 0 aliphatic heterocycles. The summed E-state index contributed by atoms with van der Waals surface area (Å²) in [5, 5.41) is 17.0. The fourth-order valence-electron chi connectivity index (χ4n) is 1.11. The number of halogens is 1. The third kappa shape index (κ3) is 3.63. The van der Waals surface area contributed by atoms with Gasteiger partial charge in [-0.1, -0.05) is 0 Å². The molecular formula is C10H13BrN4O2. The maximum atomic E-state index is 9.91. The van der Waals surface area contributed by atoms with E-state index in [0.717, 1.165) is 0 Å². The molecule has 0 spiro atoms. The first-order valence-corrected chi connectivity index (χ1v) is 5.61. The van der Waals surface area contributed by atoms with E-state index in [4.69, 9.17) is 16.2 Å². The highest BCUT2D eigenvalue weighted by Crippen LogP contribution is 2.36. The van der Waals surface area contributed by atoms with Crippen molar-refractivity contribution in [3.8, 4) is 11.5 Å². The van der Waals surface area contributed by atoms with Crippen LogP contribution in [0, 0.1) is 0 Å². The van der Waals surface area contributed by atoms with Crippen LogP contribution < -0.4 is 16.2 Å². The lowest BCUT2D eigenvalue weighted by Gasteiger charge is -2.09. The van der Waals surface area contributed by atoms with Crippen molar-refractivity contribution in [3.05, 3.63) is 22.2 Å². The maximum absolute atomic E-state index is 9.91. The van der Waals surface area contributed by atoms with E-state index in [0.29, 0.717) is 22.4 Å². The van der Waals surface area contributed by atoms with Crippen LogP contribution in [0.15, 0.2) is 26.8 Å². The molecule has 5 N–H and O–H groups in total. The summed E-state index contributed by atoms with van der Waals surface area (Å²) < 4.78 is 5.95. The Hall–Kier alpha value is -1.76. The van der Waals surface area contributed by atoms with Gasteiger partial charge in [0.1, 0.15) is 0 Å². The van der Waals surface area contributed by atoms with Crippen molar-refractivity contribution in [3.63, 3.8) is 0 Å². The summed E-state index contributed by atoms with van der Waals surface area (Å²) >= 11 is 3.28. The zero-order valence-corrected chi connectivity index (χ0v) is 10.8. The summed E-state index contributed by atoms with van der Waals surface area (Å²) in [6, 6.07) is 3.40. The van der Waals surface area contributed by atoms with Crippen LogP contribution in [0.5, 0.6) is 11.5 Å². The minimum Gasteiger partial charge on any atom is -0.504 e. The average Bonchev–Trinajstić information content (AvgIpc) is 2.27. The van der Waals surface area contributed by atoms with Gasteiger partial charge in [0.2, 0.25) is 5.96 Å². The number of guanidine groups is 1. The molecule has 0 aromatic heterocycles. The topological polar surface area (TPSA) is 106 Å². The van der Waals surface area contributed by atoms with Crippen molar-refractivity contribution in [2.45, 2.75) is 6.92 Å². The zero-order chi connectivity index (χ0) is 12.8. The van der Waals surface area contributed by atoms with Gasteiger partial charge in [-0.2, -0.15) is 5.10 Å². The van der Waals surface area contributed by atoms with Crippen LogP contribution in [-0.2, 0) is 0 Å². The summed E-state index contributed by atoms with van der Waals surface area (Å²) in [5.74, 6) is 0.194. The highest BCUT2D eigenvalue weighted by molar-refractivity contribution is 9.10. The molecule has 6 nitrogen and oxygen atoms in total. The number of nitrogens with two attached hydrogens (primary N) is 2. The molecule has 1 rings (SSSR count). The molecule has 7 heteroatoms. The van der Waals surface area contributed by atoms with Crippen molar-refractivity contribution in [1.82, 2.24) is 0 Å². The average molecular weight is 301 g/mol. The molecule has 0 fully saturated rings. The number of hydrogen-bond acceptors (Lipinski definition) is 4. The molecule has 1 aromatic rings. The maximum Gasteiger partial charge on any atom is 0.211 e. The van der Waals surface area contributed by atoms with Gasteiger partial charge in [0, 0.05) is 5.56 Å². The van der Waals surface area contributed by atoms with Crippen molar-refractivity contribution in [2.75, 3.05) is 6.61 Å². The Morgan fingerprint density at radius 3 is 2.82 bits per heavy atom. The molecule has 92 valence electrons. The minimum atomic E-state index is -0.150. The fourth-order valence-corrected chi connectivity index (χ4v) is 1.54. The van der Waals surface area contributed by atoms with Gasteiger partial charge in [0.05, 0.1) is 17.3 Å². The van der Waals surface area contributed by atoms with Crippen LogP contribution in [0.1, 0.15) is 12.5 Å². The largest absolute Gasteiger partial charge is 0.504 e. The minimum absolute atomic E-state index is 0.0178. The summed E-state index contributed by atoms with van der Waals surface area (Å²) in [6.07, 6.45) is 1.34. The summed E-state index contributed by atoms with van der Waals surface area (Å²) in [7, 11) is 0. The first-order valence-electron chi connectivity index (χ1n) is 4.82. The van der Waals surface area contributed by atoms with Crippen molar-refractivity contribution >= 4 is 28.1 Å². The Balaban J connectivity index is 3.06. The first kappa shape index (κ1) is 13.3. The van der Waals surface area contributed by atoms with Crippen LogP contribution in [0.25, 0.3) is 0 Å². The second kappa shape index (κ2) is 6.09. The molecule has 0 amide bonds. The first-order chi connectivity index (χ1) is 8.06. The normalized spacial score (nSPS) is 10.5. The van der Waals surface area contributed by atoms with Gasteiger partial charge in [-0.05, 0) is 35.0 Å². The highest BCUT2D eigenvalue weighted by atomic mass is 79.9. The monoisotopic (exact) mass is 300 g/mol. The smallest absolute Gasteiger partial charge is 0.211 e. The molecular weight excluding hydrogens is 288 g/mol. The second-order valence-electron chi connectivity index (χ2n) is 3.02. The Labute approximate surface area is 107 Å². The van der Waals surface area contributed by atoms with Gasteiger partial charge in [-0.25, -0.2) is 0 Å². The number of phenols is 1. The van der Waals surface area contributed by atoms with Gasteiger partial charge in [-0.3, -0.25) is 0 Å². The Morgan fingerprint density at radius 2 is 2.24 bits per heavy atom. The molecule has 0 aliphatic carbocycles. The summed E-state index contributed by atoms with van der Waals surface area (Å²) in [4.78, 5) is 0. The van der Waals surface area contributed by atoms with Gasteiger partial charge in [0.25, 0.3) is 0 Å². The lowest BCUT2D eigenvalue weighted by molar-refractivity contribution is 0.316. The van der Waals surface area contributed by atoms with E-state index < -0.39 is 0 Å². The molecule has 0 atom stereocenters. The number of phenolic OH excluding ortho intramolecular Hbond substituents is 1. The van der Waals surface area contributed by atoms with Crippen LogP contribution in [0.3, 0.4) is 0 Å². The van der Waals surface area contributed by atoms with Crippen LogP contribution in [-0.4, -0.2) is 23.9 Å². The molecule has 0 bridgehead atoms. The molecule has 17 heavy (non-hydrogen) atoms. The molecule has 0 saturated heterocycles. The third-order valence-electron chi connectivity index (χ3n) is 1.77. The molecule has 0 saturated carbocycles. The number of ether oxygens (including phenoxy) is 1. The number of benzene rings is 1. The third-order valence-corrected chi connectivity index (χ3v) is 2.40. The van der Waals surface area contributed by atoms with E-state index in [2.05, 4.69) is 26.1 Å². The van der Waals surface area contributed by atoms with Crippen LogP contribution in [0.2, 0.25) is 0 Å². The molecule has 0 heterocycles. The predicted molar refractivity (Wildman–Crippen MR) is 70.4 cm³/mol. The van der Waals surface area contributed by atoms with E-state index >= 15 is 0 Å².